The molecule has 7 heteroatoms. The van der Waals surface area contributed by atoms with E-state index in [1.165, 1.54) is 11.3 Å². The fourth-order valence-corrected chi connectivity index (χ4v) is 3.18. The van der Waals surface area contributed by atoms with Crippen LogP contribution in [0.1, 0.15) is 35.3 Å². The van der Waals surface area contributed by atoms with Crippen molar-refractivity contribution in [3.05, 3.63) is 27.3 Å². The molecule has 0 aromatic carbocycles. The van der Waals surface area contributed by atoms with Crippen LogP contribution in [0.15, 0.2) is 17.5 Å². The first-order valence-electron chi connectivity index (χ1n) is 6.20. The number of rotatable bonds is 4. The van der Waals surface area contributed by atoms with Crippen molar-refractivity contribution >= 4 is 39.5 Å². The van der Waals surface area contributed by atoms with Gasteiger partial charge in [0.05, 0.1) is 6.54 Å². The molecule has 2 rings (SSSR count). The average Bonchev–Trinajstić information content (AvgIpc) is 2.93. The second-order valence-corrected chi connectivity index (χ2v) is 7.40. The molecular formula is C13H18N4OS2. The van der Waals surface area contributed by atoms with Crippen molar-refractivity contribution in [3.63, 3.8) is 0 Å². The quantitative estimate of drug-likeness (QED) is 0.811. The third-order valence-corrected chi connectivity index (χ3v) is 4.21. The highest BCUT2D eigenvalue weighted by Gasteiger charge is 2.19. The van der Waals surface area contributed by atoms with E-state index in [9.17, 15) is 4.79 Å². The van der Waals surface area contributed by atoms with Crippen LogP contribution in [-0.2, 0) is 6.54 Å². The SMILES string of the molecule is CC(C)(C)Nc1nc(N)c(C(=O)NCc2cccs2)s1. The third-order valence-electron chi connectivity index (χ3n) is 2.34. The highest BCUT2D eigenvalue weighted by molar-refractivity contribution is 7.18. The summed E-state index contributed by atoms with van der Waals surface area (Å²) in [6, 6.07) is 3.94. The maximum atomic E-state index is 12.1. The molecule has 0 aliphatic rings. The molecule has 0 saturated carbocycles. The van der Waals surface area contributed by atoms with Crippen molar-refractivity contribution in [2.75, 3.05) is 11.1 Å². The fourth-order valence-electron chi connectivity index (χ4n) is 1.53. The van der Waals surface area contributed by atoms with E-state index < -0.39 is 0 Å². The van der Waals surface area contributed by atoms with Crippen LogP contribution in [0.25, 0.3) is 0 Å². The Balaban J connectivity index is 2.02. The number of nitrogens with one attached hydrogen (secondary N) is 2. The van der Waals surface area contributed by atoms with Gasteiger partial charge in [0.25, 0.3) is 5.91 Å². The zero-order chi connectivity index (χ0) is 14.8. The summed E-state index contributed by atoms with van der Waals surface area (Å²) < 4.78 is 0. The summed E-state index contributed by atoms with van der Waals surface area (Å²) >= 11 is 2.88. The lowest BCUT2D eigenvalue weighted by atomic mass is 10.1. The van der Waals surface area contributed by atoms with Crippen molar-refractivity contribution in [2.45, 2.75) is 32.9 Å². The zero-order valence-electron chi connectivity index (χ0n) is 11.7. The molecule has 0 atom stereocenters. The molecule has 0 saturated heterocycles. The van der Waals surface area contributed by atoms with Gasteiger partial charge in [0, 0.05) is 10.4 Å². The van der Waals surface area contributed by atoms with Gasteiger partial charge < -0.3 is 16.4 Å². The largest absolute Gasteiger partial charge is 0.382 e. The van der Waals surface area contributed by atoms with Gasteiger partial charge >= 0.3 is 0 Å². The minimum atomic E-state index is -0.185. The summed E-state index contributed by atoms with van der Waals surface area (Å²) in [5.74, 6) is 0.0841. The van der Waals surface area contributed by atoms with Crippen LogP contribution in [0, 0.1) is 0 Å². The first-order chi connectivity index (χ1) is 9.35. The van der Waals surface area contributed by atoms with Crippen LogP contribution in [0.4, 0.5) is 10.9 Å². The fraction of sp³-hybridized carbons (Fsp3) is 0.385. The monoisotopic (exact) mass is 310 g/mol. The summed E-state index contributed by atoms with van der Waals surface area (Å²) in [4.78, 5) is 17.8. The van der Waals surface area contributed by atoms with Crippen LogP contribution in [-0.4, -0.2) is 16.4 Å². The molecule has 0 unspecified atom stereocenters. The number of thiophene rings is 1. The van der Waals surface area contributed by atoms with Crippen LogP contribution >= 0.6 is 22.7 Å². The number of nitrogens with zero attached hydrogens (tertiary/aromatic N) is 1. The van der Waals surface area contributed by atoms with E-state index in [2.05, 4.69) is 15.6 Å². The maximum Gasteiger partial charge on any atom is 0.265 e. The van der Waals surface area contributed by atoms with Crippen molar-refractivity contribution in [3.8, 4) is 0 Å². The Labute approximate surface area is 126 Å². The number of nitrogen functional groups attached to an aromatic ring is 1. The summed E-state index contributed by atoms with van der Waals surface area (Å²) in [5, 5.41) is 8.71. The Morgan fingerprint density at radius 1 is 1.45 bits per heavy atom. The molecule has 0 bridgehead atoms. The molecule has 0 spiro atoms. The topological polar surface area (TPSA) is 80.0 Å². The van der Waals surface area contributed by atoms with Gasteiger partial charge in [0.1, 0.15) is 10.7 Å². The second kappa shape index (κ2) is 5.80. The van der Waals surface area contributed by atoms with Crippen LogP contribution in [0.5, 0.6) is 0 Å². The van der Waals surface area contributed by atoms with Gasteiger partial charge in [-0.25, -0.2) is 4.98 Å². The highest BCUT2D eigenvalue weighted by Crippen LogP contribution is 2.27. The van der Waals surface area contributed by atoms with Gasteiger partial charge in [-0.3, -0.25) is 4.79 Å². The summed E-state index contributed by atoms with van der Waals surface area (Å²) in [6.07, 6.45) is 0. The van der Waals surface area contributed by atoms with E-state index in [0.29, 0.717) is 16.6 Å². The minimum absolute atomic E-state index is 0.116. The molecule has 5 nitrogen and oxygen atoms in total. The first-order valence-corrected chi connectivity index (χ1v) is 7.90. The van der Waals surface area contributed by atoms with E-state index in [-0.39, 0.29) is 17.3 Å². The van der Waals surface area contributed by atoms with Crippen LogP contribution < -0.4 is 16.4 Å². The number of thiazole rings is 1. The molecule has 0 aliphatic carbocycles. The standard InChI is InChI=1S/C13H18N4OS2/c1-13(2,3)17-12-16-10(14)9(20-12)11(18)15-7-8-5-4-6-19-8/h4-6H,7,14H2,1-3H3,(H,15,18)(H,16,17). The number of carbonyl (C=O) groups is 1. The number of amides is 1. The van der Waals surface area contributed by atoms with Gasteiger partial charge in [-0.05, 0) is 32.2 Å². The molecule has 20 heavy (non-hydrogen) atoms. The lowest BCUT2D eigenvalue weighted by Gasteiger charge is -2.19. The van der Waals surface area contributed by atoms with Gasteiger partial charge in [-0.2, -0.15) is 0 Å². The van der Waals surface area contributed by atoms with E-state index in [4.69, 9.17) is 5.73 Å². The van der Waals surface area contributed by atoms with Crippen LogP contribution in [0.3, 0.4) is 0 Å². The van der Waals surface area contributed by atoms with E-state index >= 15 is 0 Å². The molecule has 2 aromatic rings. The number of nitrogens with two attached hydrogens (primary N) is 1. The Hall–Kier alpha value is -1.60. The predicted molar refractivity (Wildman–Crippen MR) is 85.4 cm³/mol. The molecule has 2 heterocycles. The Kier molecular flexibility index (Phi) is 4.29. The predicted octanol–water partition coefficient (Wildman–Crippen LogP) is 2.93. The van der Waals surface area contributed by atoms with E-state index in [0.717, 1.165) is 4.88 Å². The third kappa shape index (κ3) is 3.94. The molecule has 4 N–H and O–H groups in total. The molecule has 0 radical (unpaired) electrons. The zero-order valence-corrected chi connectivity index (χ0v) is 13.3. The lowest BCUT2D eigenvalue weighted by Crippen LogP contribution is -2.25. The number of aromatic nitrogens is 1. The number of hydrogen-bond donors (Lipinski definition) is 3. The van der Waals surface area contributed by atoms with Gasteiger partial charge in [-0.15, -0.1) is 11.3 Å². The smallest absolute Gasteiger partial charge is 0.265 e. The Morgan fingerprint density at radius 2 is 2.20 bits per heavy atom. The van der Waals surface area contributed by atoms with E-state index in [1.807, 2.05) is 38.3 Å². The second-order valence-electron chi connectivity index (χ2n) is 5.37. The molecule has 2 aromatic heterocycles. The summed E-state index contributed by atoms with van der Waals surface area (Å²) in [5.41, 5.74) is 5.70. The van der Waals surface area contributed by atoms with Gasteiger partial charge in [0.2, 0.25) is 0 Å². The molecule has 1 amide bonds. The molecular weight excluding hydrogens is 292 g/mol. The summed E-state index contributed by atoms with van der Waals surface area (Å²) in [7, 11) is 0. The lowest BCUT2D eigenvalue weighted by molar-refractivity contribution is 0.0956. The summed E-state index contributed by atoms with van der Waals surface area (Å²) in [6.45, 7) is 6.60. The molecule has 0 aliphatic heterocycles. The maximum absolute atomic E-state index is 12.1. The number of hydrogen-bond acceptors (Lipinski definition) is 6. The first kappa shape index (κ1) is 14.8. The van der Waals surface area contributed by atoms with Crippen molar-refractivity contribution < 1.29 is 4.79 Å². The Morgan fingerprint density at radius 3 is 2.80 bits per heavy atom. The normalized spacial score (nSPS) is 11.3. The molecule has 108 valence electrons. The number of carbonyl (C=O) groups excluding carboxylic acids is 1. The van der Waals surface area contributed by atoms with Crippen molar-refractivity contribution in [1.29, 1.82) is 0 Å². The average molecular weight is 310 g/mol. The van der Waals surface area contributed by atoms with Crippen LogP contribution in [0.2, 0.25) is 0 Å². The molecule has 0 fully saturated rings. The number of anilines is 2. The Bertz CT molecular complexity index is 584. The van der Waals surface area contributed by atoms with Gasteiger partial charge in [-0.1, -0.05) is 17.4 Å². The van der Waals surface area contributed by atoms with Gasteiger partial charge in [0.15, 0.2) is 5.13 Å². The van der Waals surface area contributed by atoms with E-state index in [1.54, 1.807) is 11.3 Å². The highest BCUT2D eigenvalue weighted by atomic mass is 32.1. The van der Waals surface area contributed by atoms with Crippen molar-refractivity contribution in [1.82, 2.24) is 10.3 Å². The minimum Gasteiger partial charge on any atom is -0.382 e. The van der Waals surface area contributed by atoms with Crippen molar-refractivity contribution in [2.24, 2.45) is 0 Å².